The summed E-state index contributed by atoms with van der Waals surface area (Å²) in [6.07, 6.45) is 6.77. The molecule has 5 aromatic rings. The van der Waals surface area contributed by atoms with Gasteiger partial charge in [-0.15, -0.1) is 10.2 Å². The quantitative estimate of drug-likeness (QED) is 0.247. The molecule has 0 saturated carbocycles. The zero-order valence-electron chi connectivity index (χ0n) is 18.8. The highest BCUT2D eigenvalue weighted by Crippen LogP contribution is 2.45. The maximum atomic E-state index is 8.49. The smallest absolute Gasteiger partial charge is 0.222 e. The zero-order valence-corrected chi connectivity index (χ0v) is 21.2. The van der Waals surface area contributed by atoms with E-state index < -0.39 is 10.2 Å². The Labute approximate surface area is 218 Å². The van der Waals surface area contributed by atoms with Crippen molar-refractivity contribution in [3.63, 3.8) is 0 Å². The van der Waals surface area contributed by atoms with Gasteiger partial charge in [-0.25, -0.2) is 18.6 Å². The van der Waals surface area contributed by atoms with Crippen LogP contribution in [0.15, 0.2) is 119 Å². The molecule has 6 rings (SSSR count). The van der Waals surface area contributed by atoms with Gasteiger partial charge in [0.2, 0.25) is 20.7 Å². The third kappa shape index (κ3) is 5.51. The van der Waals surface area contributed by atoms with E-state index in [0.717, 1.165) is 0 Å². The van der Waals surface area contributed by atoms with Crippen LogP contribution in [0.1, 0.15) is 16.7 Å². The van der Waals surface area contributed by atoms with Gasteiger partial charge in [0.15, 0.2) is 0 Å². The molecular weight excluding hydrogens is 512 g/mol. The van der Waals surface area contributed by atoms with Crippen LogP contribution in [0.5, 0.6) is 0 Å². The highest BCUT2D eigenvalue weighted by Gasteiger charge is 2.19. The van der Waals surface area contributed by atoms with Crippen molar-refractivity contribution < 1.29 is 28.9 Å². The minimum atomic E-state index is -4.94. The van der Waals surface area contributed by atoms with Crippen LogP contribution in [0, 0.1) is 10.2 Å². The van der Waals surface area contributed by atoms with Crippen LogP contribution in [0.4, 0.5) is 0 Å². The van der Waals surface area contributed by atoms with E-state index in [9.17, 15) is 0 Å². The number of allylic oxidation sites excluding steroid dienone is 2. The van der Waals surface area contributed by atoms with Gasteiger partial charge in [0.25, 0.3) is 0 Å². The molecule has 1 aromatic heterocycles. The second-order valence-electron chi connectivity index (χ2n) is 7.92. The van der Waals surface area contributed by atoms with Crippen molar-refractivity contribution in [2.45, 2.75) is 9.79 Å². The highest BCUT2D eigenvalue weighted by atomic mass is 35.7. The summed E-state index contributed by atoms with van der Waals surface area (Å²) in [5.74, 6) is 0. The Hall–Kier alpha value is -3.07. The van der Waals surface area contributed by atoms with Gasteiger partial charge in [0.1, 0.15) is 0 Å². The van der Waals surface area contributed by atoms with Gasteiger partial charge in [-0.3, -0.25) is 0 Å². The minimum absolute atomic E-state index is 1.29. The fourth-order valence-corrected chi connectivity index (χ4v) is 6.45. The molecule has 0 spiro atoms. The summed E-state index contributed by atoms with van der Waals surface area (Å²) in [6, 6.07) is 34.8. The van der Waals surface area contributed by atoms with Crippen molar-refractivity contribution in [2.75, 3.05) is 0 Å². The molecule has 4 nitrogen and oxygen atoms in total. The van der Waals surface area contributed by atoms with Gasteiger partial charge in [-0.05, 0) is 41.0 Å². The summed E-state index contributed by atoms with van der Waals surface area (Å²) in [4.78, 5) is 2.64. The van der Waals surface area contributed by atoms with E-state index in [2.05, 4.69) is 115 Å². The van der Waals surface area contributed by atoms with Crippen LogP contribution in [-0.2, 0) is 0 Å². The molecular formula is C29H19ClO4S2. The first-order chi connectivity index (χ1) is 17.4. The molecule has 1 aliphatic heterocycles. The fraction of sp³-hybridized carbons (Fsp3) is 0. The first kappa shape index (κ1) is 24.6. The van der Waals surface area contributed by atoms with Crippen LogP contribution >= 0.6 is 23.1 Å². The number of halogens is 1. The second kappa shape index (κ2) is 10.5. The monoisotopic (exact) mass is 530 g/mol. The van der Waals surface area contributed by atoms with E-state index in [-0.39, 0.29) is 0 Å². The SMILES string of the molecule is C(/C=C/c1c2ccccc2[s+]c2ccccc12)=C1c2ccccc2Sc2ccccc21.[O-][Cl+3]([O-])([O-])[O-]. The van der Waals surface area contributed by atoms with Gasteiger partial charge < -0.3 is 0 Å². The molecule has 0 atom stereocenters. The lowest BCUT2D eigenvalue weighted by Gasteiger charge is -2.21. The second-order valence-corrected chi connectivity index (χ2v) is 10.8. The number of rotatable bonds is 2. The molecule has 0 fully saturated rings. The molecule has 2 heterocycles. The molecule has 0 radical (unpaired) electrons. The van der Waals surface area contributed by atoms with Crippen LogP contribution in [0.25, 0.3) is 31.8 Å². The summed E-state index contributed by atoms with van der Waals surface area (Å²) in [5, 5.41) is 2.61. The molecule has 7 heteroatoms. The van der Waals surface area contributed by atoms with Crippen molar-refractivity contribution in [3.05, 3.63) is 126 Å². The Morgan fingerprint density at radius 3 is 1.58 bits per heavy atom. The van der Waals surface area contributed by atoms with E-state index in [0.29, 0.717) is 0 Å². The number of hydrogen-bond donors (Lipinski definition) is 0. The van der Waals surface area contributed by atoms with E-state index in [1.807, 2.05) is 23.1 Å². The van der Waals surface area contributed by atoms with Crippen LogP contribution < -0.4 is 18.6 Å². The first-order valence-corrected chi connectivity index (χ1v) is 13.9. The summed E-state index contributed by atoms with van der Waals surface area (Å²) in [6.45, 7) is 0. The van der Waals surface area contributed by atoms with E-state index in [1.165, 1.54) is 52.2 Å². The Balaban J connectivity index is 0.000000489. The normalized spacial score (nSPS) is 12.7. The predicted molar refractivity (Wildman–Crippen MR) is 137 cm³/mol. The van der Waals surface area contributed by atoms with Crippen LogP contribution in [-0.4, -0.2) is 0 Å². The lowest BCUT2D eigenvalue weighted by Crippen LogP contribution is -2.68. The first-order valence-electron chi connectivity index (χ1n) is 11.0. The molecule has 36 heavy (non-hydrogen) atoms. The highest BCUT2D eigenvalue weighted by molar-refractivity contribution is 7.99. The molecule has 0 bridgehead atoms. The van der Waals surface area contributed by atoms with Gasteiger partial charge >= 0.3 is 0 Å². The molecule has 0 aliphatic carbocycles. The summed E-state index contributed by atoms with van der Waals surface area (Å²) >= 11 is 3.71. The Bertz CT molecular complexity index is 1520. The molecule has 0 amide bonds. The summed E-state index contributed by atoms with van der Waals surface area (Å²) in [7, 11) is -4.94. The van der Waals surface area contributed by atoms with Crippen LogP contribution in [0.2, 0.25) is 0 Å². The molecule has 4 aromatic carbocycles. The van der Waals surface area contributed by atoms with Crippen molar-refractivity contribution in [2.24, 2.45) is 0 Å². The number of hydrogen-bond acceptors (Lipinski definition) is 5. The maximum absolute atomic E-state index is 8.49. The molecule has 0 unspecified atom stereocenters. The Kier molecular flexibility index (Phi) is 7.18. The van der Waals surface area contributed by atoms with Gasteiger partial charge in [-0.2, -0.15) is 0 Å². The van der Waals surface area contributed by atoms with Crippen molar-refractivity contribution in [1.82, 2.24) is 0 Å². The third-order valence-corrected chi connectivity index (χ3v) is 7.98. The van der Waals surface area contributed by atoms with Crippen molar-refractivity contribution in [1.29, 1.82) is 0 Å². The molecule has 0 saturated heterocycles. The standard InChI is InChI=1S/C29H19S2.ClHO4/c1-5-16-26-22(10-1)20(23-11-2-6-17-27(23)30-26)14-9-15-21-24-12-3-7-18-28(24)31-29-19-8-4-13-25(21)29;2-1(3,4)5/h1-19H;(H,2,3,4,5)/q+1;/p-1. The topological polar surface area (TPSA) is 92.2 Å². The minimum Gasteiger partial charge on any atom is -0.222 e. The maximum Gasteiger partial charge on any atom is 0.239 e. The van der Waals surface area contributed by atoms with Gasteiger partial charge in [0.05, 0.1) is 0 Å². The van der Waals surface area contributed by atoms with E-state index in [4.69, 9.17) is 18.6 Å². The van der Waals surface area contributed by atoms with Crippen LogP contribution in [0.3, 0.4) is 0 Å². The third-order valence-electron chi connectivity index (χ3n) is 5.67. The number of fused-ring (bicyclic) bond motifs is 4. The largest absolute Gasteiger partial charge is 0.239 e. The van der Waals surface area contributed by atoms with Gasteiger partial charge in [-0.1, -0.05) is 90.7 Å². The Morgan fingerprint density at radius 1 is 0.611 bits per heavy atom. The Morgan fingerprint density at radius 2 is 1.06 bits per heavy atom. The number of benzene rings is 4. The van der Waals surface area contributed by atoms with Crippen molar-refractivity contribution >= 4 is 54.9 Å². The summed E-state index contributed by atoms with van der Waals surface area (Å²) in [5.41, 5.74) is 5.18. The molecule has 1 aliphatic rings. The summed E-state index contributed by atoms with van der Waals surface area (Å²) < 4.78 is 36.6. The lowest BCUT2D eigenvalue weighted by molar-refractivity contribution is -2.00. The predicted octanol–water partition coefficient (Wildman–Crippen LogP) is 4.19. The fourth-order valence-electron chi connectivity index (χ4n) is 4.24. The lowest BCUT2D eigenvalue weighted by atomic mass is 9.96. The van der Waals surface area contributed by atoms with Crippen molar-refractivity contribution in [3.8, 4) is 0 Å². The molecule has 178 valence electrons. The average molecular weight is 531 g/mol. The molecule has 0 N–H and O–H groups in total. The van der Waals surface area contributed by atoms with Gasteiger partial charge in [0, 0.05) is 38.3 Å². The van der Waals surface area contributed by atoms with E-state index >= 15 is 0 Å². The average Bonchev–Trinajstić information content (AvgIpc) is 2.87. The zero-order chi connectivity index (χ0) is 25.1. The van der Waals surface area contributed by atoms with E-state index in [1.54, 1.807) is 0 Å².